The molecule has 0 aliphatic heterocycles. The second kappa shape index (κ2) is 6.69. The van der Waals surface area contributed by atoms with Crippen LogP contribution < -0.4 is 9.47 Å². The molecule has 0 aliphatic rings. The molecule has 2 heterocycles. The molecule has 0 radical (unpaired) electrons. The zero-order chi connectivity index (χ0) is 18.1. The fourth-order valence-corrected chi connectivity index (χ4v) is 3.30. The highest BCUT2D eigenvalue weighted by atomic mass is 16.5. The molecule has 2 aromatic carbocycles. The summed E-state index contributed by atoms with van der Waals surface area (Å²) in [4.78, 5) is 7.92. The van der Waals surface area contributed by atoms with E-state index in [2.05, 4.69) is 9.97 Å². The fraction of sp³-hybridized carbons (Fsp3) is 0.190. The molecule has 0 amide bonds. The summed E-state index contributed by atoms with van der Waals surface area (Å²) in [5, 5.41) is 12.9. The molecule has 1 unspecified atom stereocenters. The first kappa shape index (κ1) is 16.4. The molecule has 2 aromatic heterocycles. The molecule has 0 saturated carbocycles. The first-order valence-electron chi connectivity index (χ1n) is 8.45. The largest absolute Gasteiger partial charge is 0.497 e. The van der Waals surface area contributed by atoms with Crippen molar-refractivity contribution in [3.8, 4) is 11.5 Å². The number of aromatic amines is 1. The summed E-state index contributed by atoms with van der Waals surface area (Å²) >= 11 is 0. The normalized spacial score (nSPS) is 12.4. The van der Waals surface area contributed by atoms with Gasteiger partial charge in [0.05, 0.1) is 37.1 Å². The van der Waals surface area contributed by atoms with Crippen molar-refractivity contribution in [2.45, 2.75) is 12.5 Å². The number of nitrogens with zero attached hydrogens (tertiary/aromatic N) is 1. The van der Waals surface area contributed by atoms with Crippen molar-refractivity contribution in [2.24, 2.45) is 0 Å². The minimum Gasteiger partial charge on any atom is -0.497 e. The van der Waals surface area contributed by atoms with E-state index in [1.54, 1.807) is 20.4 Å². The van der Waals surface area contributed by atoms with Crippen molar-refractivity contribution in [1.82, 2.24) is 9.97 Å². The summed E-state index contributed by atoms with van der Waals surface area (Å²) in [5.41, 5.74) is 3.57. The van der Waals surface area contributed by atoms with Gasteiger partial charge < -0.3 is 19.6 Å². The van der Waals surface area contributed by atoms with Crippen LogP contribution in [0.15, 0.2) is 54.7 Å². The Bertz CT molecular complexity index is 1070. The molecule has 0 aliphatic carbocycles. The predicted molar refractivity (Wildman–Crippen MR) is 102 cm³/mol. The minimum atomic E-state index is -0.663. The van der Waals surface area contributed by atoms with Gasteiger partial charge >= 0.3 is 0 Å². The third-order valence-corrected chi connectivity index (χ3v) is 4.67. The summed E-state index contributed by atoms with van der Waals surface area (Å²) in [6.07, 6.45) is 1.53. The predicted octanol–water partition coefficient (Wildman–Crippen LogP) is 4.01. The number of H-pyrrole nitrogens is 1. The number of nitrogens with one attached hydrogen (secondary N) is 1. The van der Waals surface area contributed by atoms with Crippen LogP contribution in [-0.2, 0) is 6.42 Å². The summed E-state index contributed by atoms with van der Waals surface area (Å²) in [7, 11) is 3.27. The van der Waals surface area contributed by atoms with Crippen LogP contribution in [0.1, 0.15) is 17.4 Å². The number of methoxy groups -OCH3 is 2. The number of fused-ring (bicyclic) bond motifs is 3. The third kappa shape index (κ3) is 2.86. The molecule has 26 heavy (non-hydrogen) atoms. The molecule has 2 N–H and O–H groups in total. The van der Waals surface area contributed by atoms with E-state index >= 15 is 0 Å². The molecular weight excluding hydrogens is 328 g/mol. The highest BCUT2D eigenvalue weighted by Gasteiger charge is 2.15. The molecule has 0 spiro atoms. The Hall–Kier alpha value is -3.05. The monoisotopic (exact) mass is 348 g/mol. The second-order valence-electron chi connectivity index (χ2n) is 6.21. The molecule has 0 bridgehead atoms. The van der Waals surface area contributed by atoms with Gasteiger partial charge in [0, 0.05) is 29.5 Å². The van der Waals surface area contributed by atoms with Crippen molar-refractivity contribution in [3.05, 3.63) is 66.0 Å². The number of hydrogen-bond acceptors (Lipinski definition) is 4. The van der Waals surface area contributed by atoms with Gasteiger partial charge in [-0.3, -0.25) is 4.98 Å². The smallest absolute Gasteiger partial charge is 0.120 e. The van der Waals surface area contributed by atoms with Gasteiger partial charge in [0.1, 0.15) is 11.5 Å². The molecule has 0 saturated heterocycles. The Morgan fingerprint density at radius 3 is 2.62 bits per heavy atom. The quantitative estimate of drug-likeness (QED) is 0.572. The molecule has 5 nitrogen and oxygen atoms in total. The van der Waals surface area contributed by atoms with Crippen LogP contribution in [0.5, 0.6) is 11.5 Å². The lowest BCUT2D eigenvalue weighted by Gasteiger charge is -2.12. The number of benzene rings is 2. The van der Waals surface area contributed by atoms with Crippen LogP contribution in [0.4, 0.5) is 0 Å². The molecule has 1 atom stereocenters. The number of aliphatic hydroxyl groups is 1. The molecule has 4 aromatic rings. The molecule has 0 fully saturated rings. The number of aliphatic hydroxyl groups excluding tert-OH is 1. The van der Waals surface area contributed by atoms with E-state index in [4.69, 9.17) is 9.47 Å². The maximum absolute atomic E-state index is 10.7. The van der Waals surface area contributed by atoms with Crippen molar-refractivity contribution >= 4 is 21.8 Å². The van der Waals surface area contributed by atoms with E-state index < -0.39 is 6.10 Å². The number of pyridine rings is 1. The maximum atomic E-state index is 10.7. The van der Waals surface area contributed by atoms with Crippen LogP contribution in [-0.4, -0.2) is 29.3 Å². The van der Waals surface area contributed by atoms with Gasteiger partial charge in [0.15, 0.2) is 0 Å². The lowest BCUT2D eigenvalue weighted by Crippen LogP contribution is -2.04. The average Bonchev–Trinajstić information content (AvgIpc) is 3.06. The Morgan fingerprint density at radius 1 is 1.00 bits per heavy atom. The Morgan fingerprint density at radius 2 is 1.81 bits per heavy atom. The second-order valence-corrected chi connectivity index (χ2v) is 6.21. The molecular formula is C21H20N2O3. The summed E-state index contributed by atoms with van der Waals surface area (Å²) in [6.45, 7) is 0. The van der Waals surface area contributed by atoms with Gasteiger partial charge in [-0.25, -0.2) is 0 Å². The van der Waals surface area contributed by atoms with Gasteiger partial charge in [-0.1, -0.05) is 12.1 Å². The molecule has 5 heteroatoms. The van der Waals surface area contributed by atoms with Crippen LogP contribution in [0.3, 0.4) is 0 Å². The van der Waals surface area contributed by atoms with Crippen molar-refractivity contribution < 1.29 is 14.6 Å². The van der Waals surface area contributed by atoms with Gasteiger partial charge in [-0.05, 0) is 35.9 Å². The van der Waals surface area contributed by atoms with E-state index in [0.29, 0.717) is 6.42 Å². The summed E-state index contributed by atoms with van der Waals surface area (Å²) in [6, 6.07) is 15.4. The van der Waals surface area contributed by atoms with Crippen LogP contribution in [0, 0.1) is 0 Å². The van der Waals surface area contributed by atoms with Gasteiger partial charge in [0.25, 0.3) is 0 Å². The van der Waals surface area contributed by atoms with E-state index in [1.807, 2.05) is 48.5 Å². The topological polar surface area (TPSA) is 67.4 Å². The minimum absolute atomic E-state index is 0.411. The van der Waals surface area contributed by atoms with Gasteiger partial charge in [-0.2, -0.15) is 0 Å². The Balaban J connectivity index is 1.74. The first-order chi connectivity index (χ1) is 12.7. The van der Waals surface area contributed by atoms with Crippen LogP contribution in [0.25, 0.3) is 21.8 Å². The highest BCUT2D eigenvalue weighted by Crippen LogP contribution is 2.31. The number of aromatic nitrogens is 2. The summed E-state index contributed by atoms with van der Waals surface area (Å²) < 4.78 is 10.5. The molecule has 4 rings (SSSR count). The maximum Gasteiger partial charge on any atom is 0.120 e. The third-order valence-electron chi connectivity index (χ3n) is 4.67. The SMILES string of the molecule is COc1cccc(C(O)Cc2nccc3c2[nH]c2cc(OC)ccc23)c1. The van der Waals surface area contributed by atoms with Crippen molar-refractivity contribution in [1.29, 1.82) is 0 Å². The van der Waals surface area contributed by atoms with Gasteiger partial charge in [-0.15, -0.1) is 0 Å². The Kier molecular flexibility index (Phi) is 4.22. The first-order valence-corrected chi connectivity index (χ1v) is 8.45. The number of ether oxygens (including phenoxy) is 2. The van der Waals surface area contributed by atoms with Crippen LogP contribution in [0.2, 0.25) is 0 Å². The number of rotatable bonds is 5. The zero-order valence-corrected chi connectivity index (χ0v) is 14.7. The number of hydrogen-bond donors (Lipinski definition) is 2. The lowest BCUT2D eigenvalue weighted by molar-refractivity contribution is 0.177. The van der Waals surface area contributed by atoms with Gasteiger partial charge in [0.2, 0.25) is 0 Å². The fourth-order valence-electron chi connectivity index (χ4n) is 3.30. The van der Waals surface area contributed by atoms with Crippen LogP contribution >= 0.6 is 0 Å². The molecule has 132 valence electrons. The highest BCUT2D eigenvalue weighted by molar-refractivity contribution is 6.08. The average molecular weight is 348 g/mol. The summed E-state index contributed by atoms with van der Waals surface area (Å²) in [5.74, 6) is 1.53. The van der Waals surface area contributed by atoms with E-state index in [0.717, 1.165) is 44.6 Å². The van der Waals surface area contributed by atoms with Crippen molar-refractivity contribution in [2.75, 3.05) is 14.2 Å². The Labute approximate surface area is 151 Å². The van der Waals surface area contributed by atoms with Crippen molar-refractivity contribution in [3.63, 3.8) is 0 Å². The van der Waals surface area contributed by atoms with E-state index in [1.165, 1.54) is 0 Å². The van der Waals surface area contributed by atoms with E-state index in [-0.39, 0.29) is 0 Å². The standard InChI is InChI=1S/C21H20N2O3/c1-25-14-5-3-4-13(10-14)20(24)12-19-21-17(8-9-22-19)16-7-6-15(26-2)11-18(16)23-21/h3-11,20,23-24H,12H2,1-2H3. The zero-order valence-electron chi connectivity index (χ0n) is 14.7. The van der Waals surface area contributed by atoms with E-state index in [9.17, 15) is 5.11 Å². The lowest BCUT2D eigenvalue weighted by atomic mass is 10.0.